The summed E-state index contributed by atoms with van der Waals surface area (Å²) in [6.07, 6.45) is 0.979. The molecule has 0 fully saturated rings. The van der Waals surface area contributed by atoms with Crippen molar-refractivity contribution < 1.29 is 13.5 Å². The molecular weight excluding hydrogens is 244 g/mol. The van der Waals surface area contributed by atoms with Crippen molar-refractivity contribution in [1.29, 1.82) is 0 Å². The number of methoxy groups -OCH3 is 1. The molecule has 17 heavy (non-hydrogen) atoms. The molecule has 1 aromatic carbocycles. The second kappa shape index (κ2) is 8.44. The molecule has 0 amide bonds. The largest absolute Gasteiger partial charge is 0.385 e. The predicted molar refractivity (Wildman–Crippen MR) is 66.4 cm³/mol. The van der Waals surface area contributed by atoms with Crippen LogP contribution in [0.15, 0.2) is 23.1 Å². The Morgan fingerprint density at radius 1 is 1.24 bits per heavy atom. The number of thioether (sulfide) groups is 1. The third-order valence-electron chi connectivity index (χ3n) is 2.14. The molecule has 0 aliphatic rings. The van der Waals surface area contributed by atoms with Crippen LogP contribution in [0.25, 0.3) is 0 Å². The highest BCUT2D eigenvalue weighted by Crippen LogP contribution is 2.19. The molecule has 0 bridgehead atoms. The van der Waals surface area contributed by atoms with Crippen molar-refractivity contribution >= 4 is 11.8 Å². The van der Waals surface area contributed by atoms with E-state index in [2.05, 4.69) is 5.32 Å². The number of halogens is 2. The van der Waals surface area contributed by atoms with E-state index in [1.807, 2.05) is 0 Å². The maximum atomic E-state index is 12.9. The molecule has 0 aliphatic carbocycles. The fourth-order valence-electron chi connectivity index (χ4n) is 1.27. The summed E-state index contributed by atoms with van der Waals surface area (Å²) in [5, 5.41) is 3.25. The number of ether oxygens (including phenoxy) is 1. The van der Waals surface area contributed by atoms with Crippen LogP contribution in [0.4, 0.5) is 8.78 Å². The Morgan fingerprint density at radius 2 is 2.06 bits per heavy atom. The standard InChI is InChI=1S/C12H17F2NOS/c1-16-7-2-5-15-6-8-17-10-3-4-11(13)12(14)9-10/h3-4,9,15H,2,5-8H2,1H3. The van der Waals surface area contributed by atoms with Gasteiger partial charge in [0.1, 0.15) is 0 Å². The monoisotopic (exact) mass is 261 g/mol. The molecule has 1 N–H and O–H groups in total. The topological polar surface area (TPSA) is 21.3 Å². The molecule has 96 valence electrons. The van der Waals surface area contributed by atoms with Gasteiger partial charge in [-0.3, -0.25) is 0 Å². The minimum Gasteiger partial charge on any atom is -0.385 e. The van der Waals surface area contributed by atoms with Crippen LogP contribution in [-0.2, 0) is 4.74 Å². The highest BCUT2D eigenvalue weighted by atomic mass is 32.2. The zero-order valence-corrected chi connectivity index (χ0v) is 10.7. The van der Waals surface area contributed by atoms with Crippen molar-refractivity contribution in [3.63, 3.8) is 0 Å². The zero-order chi connectivity index (χ0) is 12.5. The molecule has 0 aromatic heterocycles. The third kappa shape index (κ3) is 6.00. The Bertz CT molecular complexity index is 336. The van der Waals surface area contributed by atoms with E-state index >= 15 is 0 Å². The lowest BCUT2D eigenvalue weighted by atomic mass is 10.3. The summed E-state index contributed by atoms with van der Waals surface area (Å²) in [7, 11) is 1.68. The lowest BCUT2D eigenvalue weighted by molar-refractivity contribution is 0.194. The van der Waals surface area contributed by atoms with Crippen LogP contribution >= 0.6 is 11.8 Å². The second-order valence-corrected chi connectivity index (χ2v) is 4.69. The number of nitrogens with one attached hydrogen (secondary N) is 1. The SMILES string of the molecule is COCCCNCCSc1ccc(F)c(F)c1. The van der Waals surface area contributed by atoms with Crippen molar-refractivity contribution in [3.8, 4) is 0 Å². The molecule has 5 heteroatoms. The maximum Gasteiger partial charge on any atom is 0.159 e. The predicted octanol–water partition coefficient (Wildman–Crippen LogP) is 2.68. The first kappa shape index (κ1) is 14.4. The summed E-state index contributed by atoms with van der Waals surface area (Å²) < 4.78 is 30.4. The minimum absolute atomic E-state index is 0.752. The maximum absolute atomic E-state index is 12.9. The van der Waals surface area contributed by atoms with E-state index in [4.69, 9.17) is 4.74 Å². The van der Waals surface area contributed by atoms with E-state index in [-0.39, 0.29) is 0 Å². The van der Waals surface area contributed by atoms with Gasteiger partial charge in [0, 0.05) is 30.9 Å². The second-order valence-electron chi connectivity index (χ2n) is 3.52. The lowest BCUT2D eigenvalue weighted by Gasteiger charge is -2.04. The first-order valence-electron chi connectivity index (χ1n) is 5.51. The quantitative estimate of drug-likeness (QED) is 0.574. The van der Waals surface area contributed by atoms with Crippen LogP contribution in [0.1, 0.15) is 6.42 Å². The Morgan fingerprint density at radius 3 is 2.76 bits per heavy atom. The van der Waals surface area contributed by atoms with Crippen molar-refractivity contribution in [2.45, 2.75) is 11.3 Å². The Labute approximate surface area is 105 Å². The number of hydrogen-bond donors (Lipinski definition) is 1. The van der Waals surface area contributed by atoms with Crippen LogP contribution < -0.4 is 5.32 Å². The van der Waals surface area contributed by atoms with Crippen LogP contribution in [0.2, 0.25) is 0 Å². The molecule has 0 aliphatic heterocycles. The van der Waals surface area contributed by atoms with Gasteiger partial charge in [0.05, 0.1) is 0 Å². The summed E-state index contributed by atoms with van der Waals surface area (Å²) in [5.41, 5.74) is 0. The van der Waals surface area contributed by atoms with E-state index < -0.39 is 11.6 Å². The first-order chi connectivity index (χ1) is 8.24. The highest BCUT2D eigenvalue weighted by Gasteiger charge is 2.02. The van der Waals surface area contributed by atoms with Crippen LogP contribution in [0.3, 0.4) is 0 Å². The molecule has 0 radical (unpaired) electrons. The average Bonchev–Trinajstić information content (AvgIpc) is 2.32. The molecular formula is C12H17F2NOS. The van der Waals surface area contributed by atoms with Gasteiger partial charge < -0.3 is 10.1 Å². The van der Waals surface area contributed by atoms with Gasteiger partial charge in [-0.25, -0.2) is 8.78 Å². The molecule has 0 heterocycles. The van der Waals surface area contributed by atoms with Crippen LogP contribution in [0, 0.1) is 11.6 Å². The van der Waals surface area contributed by atoms with E-state index in [1.165, 1.54) is 17.8 Å². The van der Waals surface area contributed by atoms with Crippen LogP contribution in [0.5, 0.6) is 0 Å². The summed E-state index contributed by atoms with van der Waals surface area (Å²) in [6.45, 7) is 2.50. The van der Waals surface area contributed by atoms with Gasteiger partial charge in [-0.2, -0.15) is 0 Å². The number of hydrogen-bond acceptors (Lipinski definition) is 3. The normalized spacial score (nSPS) is 10.8. The smallest absolute Gasteiger partial charge is 0.159 e. The van der Waals surface area contributed by atoms with Gasteiger partial charge in [-0.1, -0.05) is 0 Å². The molecule has 1 aromatic rings. The van der Waals surface area contributed by atoms with E-state index in [0.29, 0.717) is 0 Å². The highest BCUT2D eigenvalue weighted by molar-refractivity contribution is 7.99. The first-order valence-corrected chi connectivity index (χ1v) is 6.50. The van der Waals surface area contributed by atoms with E-state index in [9.17, 15) is 8.78 Å². The molecule has 2 nitrogen and oxygen atoms in total. The fourth-order valence-corrected chi connectivity index (χ4v) is 2.11. The summed E-state index contributed by atoms with van der Waals surface area (Å²) >= 11 is 1.51. The Hall–Kier alpha value is -0.650. The van der Waals surface area contributed by atoms with E-state index in [0.717, 1.165) is 42.8 Å². The van der Waals surface area contributed by atoms with Gasteiger partial charge >= 0.3 is 0 Å². The minimum atomic E-state index is -0.799. The zero-order valence-electron chi connectivity index (χ0n) is 9.84. The van der Waals surface area contributed by atoms with Gasteiger partial charge in [0.15, 0.2) is 11.6 Å². The van der Waals surface area contributed by atoms with Crippen molar-refractivity contribution in [1.82, 2.24) is 5.32 Å². The molecule has 0 unspecified atom stereocenters. The van der Waals surface area contributed by atoms with Gasteiger partial charge in [-0.05, 0) is 31.2 Å². The molecule has 1 rings (SSSR count). The summed E-state index contributed by atoms with van der Waals surface area (Å²) in [6, 6.07) is 3.97. The van der Waals surface area contributed by atoms with Gasteiger partial charge in [0.2, 0.25) is 0 Å². The molecule has 0 saturated carbocycles. The van der Waals surface area contributed by atoms with Crippen molar-refractivity contribution in [2.75, 3.05) is 32.6 Å². The van der Waals surface area contributed by atoms with Crippen molar-refractivity contribution in [3.05, 3.63) is 29.8 Å². The third-order valence-corrected chi connectivity index (χ3v) is 3.14. The molecule has 0 spiro atoms. The summed E-state index contributed by atoms with van der Waals surface area (Å²) in [4.78, 5) is 0.752. The fraction of sp³-hybridized carbons (Fsp3) is 0.500. The summed E-state index contributed by atoms with van der Waals surface area (Å²) in [5.74, 6) is -0.756. The van der Waals surface area contributed by atoms with Gasteiger partial charge in [0.25, 0.3) is 0 Å². The Balaban J connectivity index is 2.11. The van der Waals surface area contributed by atoms with Gasteiger partial charge in [-0.15, -0.1) is 11.8 Å². The molecule has 0 saturated heterocycles. The van der Waals surface area contributed by atoms with Crippen LogP contribution in [-0.4, -0.2) is 32.6 Å². The molecule has 0 atom stereocenters. The number of rotatable bonds is 8. The Kier molecular flexibility index (Phi) is 7.16. The number of benzene rings is 1. The van der Waals surface area contributed by atoms with E-state index in [1.54, 1.807) is 13.2 Å². The average molecular weight is 261 g/mol. The van der Waals surface area contributed by atoms with Crippen molar-refractivity contribution in [2.24, 2.45) is 0 Å². The lowest BCUT2D eigenvalue weighted by Crippen LogP contribution is -2.19.